The molecule has 1 fully saturated rings. The molecule has 1 saturated heterocycles. The quantitative estimate of drug-likeness (QED) is 0.588. The maximum atomic E-state index is 12.3. The molecule has 0 bridgehead atoms. The molecule has 5 heteroatoms. The Bertz CT molecular complexity index is 175. The number of hydrogen-bond donors (Lipinski definition) is 0. The van der Waals surface area contributed by atoms with Crippen molar-refractivity contribution in [1.29, 1.82) is 0 Å². The smallest absolute Gasteiger partial charge is 0.336 e. The molecule has 0 aliphatic carbocycles. The summed E-state index contributed by atoms with van der Waals surface area (Å²) in [5.74, 6) is -1.26. The third-order valence-corrected chi connectivity index (χ3v) is 2.05. The van der Waals surface area contributed by atoms with E-state index in [-0.39, 0.29) is 0 Å². The lowest BCUT2D eigenvalue weighted by Gasteiger charge is -2.27. The molecule has 0 spiro atoms. The van der Waals surface area contributed by atoms with Gasteiger partial charge < -0.3 is 4.90 Å². The van der Waals surface area contributed by atoms with Gasteiger partial charge in [0.05, 0.1) is 0 Å². The summed E-state index contributed by atoms with van der Waals surface area (Å²) in [6, 6.07) is 0. The Morgan fingerprint density at radius 3 is 2.17 bits per heavy atom. The summed E-state index contributed by atoms with van der Waals surface area (Å²) < 4.78 is 24.5. The van der Waals surface area contributed by atoms with Gasteiger partial charge in [0.25, 0.3) is 0 Å². The lowest BCUT2D eigenvalue weighted by atomic mass is 10.1. The molecule has 70 valence electrons. The van der Waals surface area contributed by atoms with Crippen molar-refractivity contribution >= 4 is 17.5 Å². The van der Waals surface area contributed by atoms with Crippen LogP contribution in [-0.2, 0) is 4.79 Å². The largest absolute Gasteiger partial charge is 0.399 e. The Labute approximate surface area is 74.5 Å². The molecule has 0 aromatic carbocycles. The number of carbonyl (C=O) groups is 1. The van der Waals surface area contributed by atoms with Gasteiger partial charge in [-0.1, -0.05) is 0 Å². The Balaban J connectivity index is 2.51. The van der Waals surface area contributed by atoms with Gasteiger partial charge in [0.1, 0.15) is 0 Å². The molecule has 2 nitrogen and oxygen atoms in total. The topological polar surface area (TPSA) is 20.3 Å². The van der Waals surface area contributed by atoms with Crippen LogP contribution in [0.3, 0.4) is 0 Å². The average Bonchev–Trinajstić information content (AvgIpc) is 2.03. The highest BCUT2D eigenvalue weighted by Gasteiger charge is 2.39. The normalized spacial score (nSPS) is 19.4. The summed E-state index contributed by atoms with van der Waals surface area (Å²) in [4.78, 5) is 12.0. The molecule has 0 saturated carbocycles. The zero-order chi connectivity index (χ0) is 9.19. The second-order valence-electron chi connectivity index (χ2n) is 2.85. The molecule has 0 aromatic rings. The fourth-order valence-electron chi connectivity index (χ4n) is 1.28. The van der Waals surface area contributed by atoms with E-state index in [1.807, 2.05) is 0 Å². The van der Waals surface area contributed by atoms with Crippen molar-refractivity contribution < 1.29 is 13.6 Å². The highest BCUT2D eigenvalue weighted by Crippen LogP contribution is 2.23. The van der Waals surface area contributed by atoms with Crippen LogP contribution < -0.4 is 0 Å². The number of amides is 1. The van der Waals surface area contributed by atoms with E-state index in [4.69, 9.17) is 0 Å². The summed E-state index contributed by atoms with van der Waals surface area (Å²) in [5.41, 5.74) is 0. The number of alkyl halides is 3. The average molecular weight is 198 g/mol. The van der Waals surface area contributed by atoms with E-state index in [1.165, 1.54) is 0 Å². The highest BCUT2D eigenvalue weighted by molar-refractivity contribution is 6.32. The maximum Gasteiger partial charge on any atom is 0.399 e. The molecule has 1 heterocycles. The number of halogens is 3. The standard InChI is InChI=1S/C7H10ClF2NO/c8-7(9,10)6(12)11-4-2-1-3-5-11/h1-5H2. The van der Waals surface area contributed by atoms with Gasteiger partial charge in [-0.05, 0) is 30.9 Å². The van der Waals surface area contributed by atoms with Crippen molar-refractivity contribution in [2.24, 2.45) is 0 Å². The van der Waals surface area contributed by atoms with E-state index < -0.39 is 11.3 Å². The van der Waals surface area contributed by atoms with Crippen LogP contribution in [0, 0.1) is 0 Å². The molecule has 0 atom stereocenters. The lowest BCUT2D eigenvalue weighted by Crippen LogP contribution is -2.43. The van der Waals surface area contributed by atoms with Crippen LogP contribution in [0.2, 0.25) is 0 Å². The number of hydrogen-bond acceptors (Lipinski definition) is 1. The Morgan fingerprint density at radius 2 is 1.75 bits per heavy atom. The van der Waals surface area contributed by atoms with Crippen LogP contribution in [0.5, 0.6) is 0 Å². The SMILES string of the molecule is O=C(N1CCCCC1)C(F)(F)Cl. The van der Waals surface area contributed by atoms with E-state index in [0.717, 1.165) is 24.2 Å². The molecule has 1 aliphatic rings. The fourth-order valence-corrected chi connectivity index (χ4v) is 1.40. The summed E-state index contributed by atoms with van der Waals surface area (Å²) >= 11 is 4.59. The van der Waals surface area contributed by atoms with Gasteiger partial charge in [0.2, 0.25) is 0 Å². The summed E-state index contributed by atoms with van der Waals surface area (Å²) in [5, 5.41) is -3.72. The van der Waals surface area contributed by atoms with Crippen molar-refractivity contribution in [3.8, 4) is 0 Å². The van der Waals surface area contributed by atoms with Crippen molar-refractivity contribution in [3.63, 3.8) is 0 Å². The van der Waals surface area contributed by atoms with Gasteiger partial charge >= 0.3 is 11.3 Å². The van der Waals surface area contributed by atoms with Crippen LogP contribution in [0.1, 0.15) is 19.3 Å². The number of rotatable bonds is 1. The number of likely N-dealkylation sites (tertiary alicyclic amines) is 1. The van der Waals surface area contributed by atoms with E-state index in [2.05, 4.69) is 11.6 Å². The predicted molar refractivity (Wildman–Crippen MR) is 41.2 cm³/mol. The van der Waals surface area contributed by atoms with Crippen LogP contribution in [-0.4, -0.2) is 29.3 Å². The van der Waals surface area contributed by atoms with Gasteiger partial charge in [-0.3, -0.25) is 4.79 Å². The Kier molecular flexibility index (Phi) is 2.88. The monoisotopic (exact) mass is 197 g/mol. The third-order valence-electron chi connectivity index (χ3n) is 1.89. The summed E-state index contributed by atoms with van der Waals surface area (Å²) in [6.45, 7) is 0.808. The first-order valence-corrected chi connectivity index (χ1v) is 4.26. The first-order valence-electron chi connectivity index (χ1n) is 3.88. The minimum atomic E-state index is -3.72. The number of carbonyl (C=O) groups excluding carboxylic acids is 1. The van der Waals surface area contributed by atoms with Crippen LogP contribution in [0.15, 0.2) is 0 Å². The van der Waals surface area contributed by atoms with Gasteiger partial charge in [-0.2, -0.15) is 8.78 Å². The zero-order valence-corrected chi connectivity index (χ0v) is 7.28. The Hall–Kier alpha value is -0.380. The van der Waals surface area contributed by atoms with E-state index >= 15 is 0 Å². The van der Waals surface area contributed by atoms with Gasteiger partial charge in [0.15, 0.2) is 0 Å². The second kappa shape index (κ2) is 3.56. The summed E-state index contributed by atoms with van der Waals surface area (Å²) in [7, 11) is 0. The second-order valence-corrected chi connectivity index (χ2v) is 3.33. The predicted octanol–water partition coefficient (Wildman–Crippen LogP) is 1.83. The molecule has 1 amide bonds. The fraction of sp³-hybridized carbons (Fsp3) is 0.857. The van der Waals surface area contributed by atoms with E-state index in [1.54, 1.807) is 0 Å². The first kappa shape index (κ1) is 9.71. The van der Waals surface area contributed by atoms with Crippen LogP contribution >= 0.6 is 11.6 Å². The molecular formula is C7H10ClF2NO. The van der Waals surface area contributed by atoms with Gasteiger partial charge in [0, 0.05) is 13.1 Å². The van der Waals surface area contributed by atoms with E-state index in [9.17, 15) is 13.6 Å². The van der Waals surface area contributed by atoms with Gasteiger partial charge in [-0.25, -0.2) is 0 Å². The minimum absolute atomic E-state index is 0.404. The van der Waals surface area contributed by atoms with Gasteiger partial charge in [-0.15, -0.1) is 0 Å². The zero-order valence-electron chi connectivity index (χ0n) is 6.52. The number of piperidine rings is 1. The molecule has 0 unspecified atom stereocenters. The van der Waals surface area contributed by atoms with Crippen molar-refractivity contribution in [1.82, 2.24) is 4.90 Å². The molecule has 0 aromatic heterocycles. The molecule has 1 aliphatic heterocycles. The van der Waals surface area contributed by atoms with E-state index in [0.29, 0.717) is 13.1 Å². The molecule has 1 rings (SSSR count). The van der Waals surface area contributed by atoms with Crippen molar-refractivity contribution in [2.45, 2.75) is 24.6 Å². The molecule has 0 radical (unpaired) electrons. The van der Waals surface area contributed by atoms with Crippen LogP contribution in [0.4, 0.5) is 8.78 Å². The van der Waals surface area contributed by atoms with Crippen molar-refractivity contribution in [3.05, 3.63) is 0 Å². The third kappa shape index (κ3) is 2.30. The molecule has 12 heavy (non-hydrogen) atoms. The minimum Gasteiger partial charge on any atom is -0.336 e. The van der Waals surface area contributed by atoms with Crippen molar-refractivity contribution in [2.75, 3.05) is 13.1 Å². The summed E-state index contributed by atoms with van der Waals surface area (Å²) in [6.07, 6.45) is 2.58. The lowest BCUT2D eigenvalue weighted by molar-refractivity contribution is -0.148. The molecule has 0 N–H and O–H groups in total. The first-order chi connectivity index (χ1) is 5.52. The highest BCUT2D eigenvalue weighted by atomic mass is 35.5. The maximum absolute atomic E-state index is 12.3. The Morgan fingerprint density at radius 1 is 1.25 bits per heavy atom. The van der Waals surface area contributed by atoms with Crippen LogP contribution in [0.25, 0.3) is 0 Å². The molecular weight excluding hydrogens is 188 g/mol. The number of nitrogens with zero attached hydrogens (tertiary/aromatic N) is 1.